The standard InChI is InChI=1S/C19H22N3O2/c1-14(23)22-17-11-5-6-12-21(17)19(18(22)16-10-7-13-24-16)20-15-8-3-2-4-9-15/h5-7,10-13,15,20H,2-4,8-9H2,1H3/q+1. The lowest BCUT2D eigenvalue weighted by Crippen LogP contribution is -2.30. The fourth-order valence-corrected chi connectivity index (χ4v) is 3.68. The fraction of sp³-hybridized carbons (Fsp3) is 0.368. The van der Waals surface area contributed by atoms with Crippen molar-refractivity contribution in [2.45, 2.75) is 45.1 Å². The maximum absolute atomic E-state index is 12.4. The van der Waals surface area contributed by atoms with E-state index in [1.165, 1.54) is 19.3 Å². The van der Waals surface area contributed by atoms with Crippen LogP contribution >= 0.6 is 0 Å². The largest absolute Gasteiger partial charge is 0.461 e. The molecule has 24 heavy (non-hydrogen) atoms. The van der Waals surface area contributed by atoms with Crippen molar-refractivity contribution < 1.29 is 13.6 Å². The minimum atomic E-state index is -0.0261. The zero-order valence-electron chi connectivity index (χ0n) is 13.9. The summed E-state index contributed by atoms with van der Waals surface area (Å²) in [7, 11) is 0. The number of hydrogen-bond acceptors (Lipinski definition) is 3. The second kappa shape index (κ2) is 6.15. The third-order valence-corrected chi connectivity index (χ3v) is 4.77. The van der Waals surface area contributed by atoms with Crippen LogP contribution in [0.3, 0.4) is 0 Å². The highest BCUT2D eigenvalue weighted by molar-refractivity contribution is 5.88. The van der Waals surface area contributed by atoms with Gasteiger partial charge in [0.05, 0.1) is 18.5 Å². The molecule has 1 aliphatic carbocycles. The van der Waals surface area contributed by atoms with Gasteiger partial charge in [0, 0.05) is 13.0 Å². The molecule has 0 radical (unpaired) electrons. The molecule has 0 saturated heterocycles. The number of carbonyl (C=O) groups is 1. The SMILES string of the molecule is CC(=O)n1c(-c2ccco2)c(NC2CCCCC2)[n+]2ccccc12. The smallest absolute Gasteiger partial charge is 0.284 e. The van der Waals surface area contributed by atoms with Crippen LogP contribution in [0, 0.1) is 0 Å². The molecule has 0 bridgehead atoms. The first-order valence-corrected chi connectivity index (χ1v) is 8.62. The second-order valence-electron chi connectivity index (χ2n) is 6.44. The van der Waals surface area contributed by atoms with Crippen molar-refractivity contribution >= 4 is 17.4 Å². The molecule has 5 nitrogen and oxygen atoms in total. The molecule has 0 atom stereocenters. The molecular formula is C19H22N3O2+. The van der Waals surface area contributed by atoms with E-state index in [0.29, 0.717) is 11.8 Å². The zero-order chi connectivity index (χ0) is 16.5. The Hall–Kier alpha value is -2.56. The van der Waals surface area contributed by atoms with Crippen molar-refractivity contribution in [3.63, 3.8) is 0 Å². The summed E-state index contributed by atoms with van der Waals surface area (Å²) in [5.74, 6) is 1.61. The van der Waals surface area contributed by atoms with Gasteiger partial charge in [-0.05, 0) is 31.0 Å². The van der Waals surface area contributed by atoms with Crippen LogP contribution in [0.25, 0.3) is 17.1 Å². The topological polar surface area (TPSA) is 51.3 Å². The van der Waals surface area contributed by atoms with Gasteiger partial charge in [-0.3, -0.25) is 10.1 Å². The van der Waals surface area contributed by atoms with Gasteiger partial charge in [-0.25, -0.2) is 4.40 Å². The molecule has 4 rings (SSSR count). The summed E-state index contributed by atoms with van der Waals surface area (Å²) >= 11 is 0. The molecule has 124 valence electrons. The number of rotatable bonds is 3. The lowest BCUT2D eigenvalue weighted by atomic mass is 9.95. The van der Waals surface area contributed by atoms with Gasteiger partial charge < -0.3 is 4.42 Å². The predicted molar refractivity (Wildman–Crippen MR) is 92.1 cm³/mol. The highest BCUT2D eigenvalue weighted by Gasteiger charge is 2.31. The Labute approximate surface area is 140 Å². The third kappa shape index (κ3) is 2.50. The summed E-state index contributed by atoms with van der Waals surface area (Å²) in [5, 5.41) is 3.69. The van der Waals surface area contributed by atoms with Gasteiger partial charge in [-0.1, -0.05) is 25.3 Å². The molecule has 1 aliphatic rings. The van der Waals surface area contributed by atoms with Gasteiger partial charge in [0.15, 0.2) is 5.76 Å². The molecular weight excluding hydrogens is 302 g/mol. The first-order valence-electron chi connectivity index (χ1n) is 8.62. The number of imidazole rings is 1. The van der Waals surface area contributed by atoms with Crippen molar-refractivity contribution in [2.24, 2.45) is 0 Å². The molecule has 0 aromatic carbocycles. The van der Waals surface area contributed by atoms with Gasteiger partial charge >= 0.3 is 0 Å². The maximum atomic E-state index is 12.4. The molecule has 1 N–H and O–H groups in total. The van der Waals surface area contributed by atoms with Crippen molar-refractivity contribution in [3.8, 4) is 11.5 Å². The van der Waals surface area contributed by atoms with Crippen LogP contribution in [-0.4, -0.2) is 16.5 Å². The molecule has 5 heteroatoms. The summed E-state index contributed by atoms with van der Waals surface area (Å²) in [6, 6.07) is 10.1. The molecule has 0 unspecified atom stereocenters. The lowest BCUT2D eigenvalue weighted by molar-refractivity contribution is -0.495. The molecule has 0 aliphatic heterocycles. The van der Waals surface area contributed by atoms with E-state index in [-0.39, 0.29) is 5.91 Å². The van der Waals surface area contributed by atoms with Crippen molar-refractivity contribution in [1.82, 2.24) is 4.57 Å². The average Bonchev–Trinajstić information content (AvgIpc) is 3.22. The van der Waals surface area contributed by atoms with E-state index in [2.05, 4.69) is 5.32 Å². The average molecular weight is 324 g/mol. The van der Waals surface area contributed by atoms with Gasteiger partial charge in [0.2, 0.25) is 11.3 Å². The minimum absolute atomic E-state index is 0.0261. The van der Waals surface area contributed by atoms with Crippen molar-refractivity contribution in [3.05, 3.63) is 42.8 Å². The number of carbonyl (C=O) groups excluding carboxylic acids is 1. The number of furan rings is 1. The highest BCUT2D eigenvalue weighted by atomic mass is 16.3. The Morgan fingerprint density at radius 3 is 2.75 bits per heavy atom. The van der Waals surface area contributed by atoms with Crippen LogP contribution < -0.4 is 9.72 Å². The van der Waals surface area contributed by atoms with Crippen LogP contribution in [0.5, 0.6) is 0 Å². The Morgan fingerprint density at radius 2 is 2.04 bits per heavy atom. The van der Waals surface area contributed by atoms with E-state index in [4.69, 9.17) is 4.42 Å². The number of hydrogen-bond donors (Lipinski definition) is 1. The van der Waals surface area contributed by atoms with Crippen LogP contribution in [0.4, 0.5) is 5.82 Å². The van der Waals surface area contributed by atoms with Gasteiger partial charge in [0.1, 0.15) is 0 Å². The first kappa shape index (κ1) is 15.0. The zero-order valence-corrected chi connectivity index (χ0v) is 13.9. The van der Waals surface area contributed by atoms with Crippen molar-refractivity contribution in [2.75, 3.05) is 5.32 Å². The van der Waals surface area contributed by atoms with E-state index in [9.17, 15) is 4.79 Å². The van der Waals surface area contributed by atoms with Crippen molar-refractivity contribution in [1.29, 1.82) is 0 Å². The molecule has 3 aromatic rings. The number of fused-ring (bicyclic) bond motifs is 1. The summed E-state index contributed by atoms with van der Waals surface area (Å²) in [6.45, 7) is 1.59. The third-order valence-electron chi connectivity index (χ3n) is 4.77. The number of nitrogens with zero attached hydrogens (tertiary/aromatic N) is 2. The first-order chi connectivity index (χ1) is 11.8. The Kier molecular flexibility index (Phi) is 3.84. The van der Waals surface area contributed by atoms with Crippen LogP contribution in [0.1, 0.15) is 43.8 Å². The normalized spacial score (nSPS) is 15.7. The molecule has 3 aromatic heterocycles. The highest BCUT2D eigenvalue weighted by Crippen LogP contribution is 2.31. The number of aromatic nitrogens is 2. The summed E-state index contributed by atoms with van der Waals surface area (Å²) in [6.07, 6.45) is 9.79. The van der Waals surface area contributed by atoms with Crippen LogP contribution in [0.15, 0.2) is 47.2 Å². The predicted octanol–water partition coefficient (Wildman–Crippen LogP) is 3.89. The van der Waals surface area contributed by atoms with Gasteiger partial charge in [0.25, 0.3) is 11.7 Å². The second-order valence-corrected chi connectivity index (χ2v) is 6.44. The quantitative estimate of drug-likeness (QED) is 0.744. The molecule has 3 heterocycles. The molecule has 0 amide bonds. The fourth-order valence-electron chi connectivity index (χ4n) is 3.68. The molecule has 1 fully saturated rings. The number of pyridine rings is 1. The summed E-state index contributed by atoms with van der Waals surface area (Å²) in [4.78, 5) is 12.4. The van der Waals surface area contributed by atoms with E-state index >= 15 is 0 Å². The van der Waals surface area contributed by atoms with Gasteiger partial charge in [-0.15, -0.1) is 0 Å². The van der Waals surface area contributed by atoms with E-state index in [1.54, 1.807) is 17.8 Å². The number of anilines is 1. The molecule has 1 saturated carbocycles. The van der Waals surface area contributed by atoms with Gasteiger partial charge in [-0.2, -0.15) is 4.57 Å². The van der Waals surface area contributed by atoms with Crippen LogP contribution in [0.2, 0.25) is 0 Å². The minimum Gasteiger partial charge on any atom is -0.461 e. The van der Waals surface area contributed by atoms with E-state index in [1.807, 2.05) is 40.9 Å². The monoisotopic (exact) mass is 324 g/mol. The Bertz CT molecular complexity index is 858. The summed E-state index contributed by atoms with van der Waals surface area (Å²) in [5.41, 5.74) is 1.64. The Morgan fingerprint density at radius 1 is 1.21 bits per heavy atom. The maximum Gasteiger partial charge on any atom is 0.284 e. The van der Waals surface area contributed by atoms with E-state index < -0.39 is 0 Å². The summed E-state index contributed by atoms with van der Waals surface area (Å²) < 4.78 is 9.42. The van der Waals surface area contributed by atoms with Crippen LogP contribution in [-0.2, 0) is 0 Å². The Balaban J connectivity index is 1.92. The lowest BCUT2D eigenvalue weighted by Gasteiger charge is -2.20. The molecule has 0 spiro atoms. The van der Waals surface area contributed by atoms with E-state index in [0.717, 1.165) is 30.0 Å². The number of nitrogens with one attached hydrogen (secondary N) is 1.